The molecule has 0 saturated carbocycles. The van der Waals surface area contributed by atoms with E-state index in [9.17, 15) is 0 Å². The molecular formula is C17H21NO. The third-order valence-corrected chi connectivity index (χ3v) is 3.05. The summed E-state index contributed by atoms with van der Waals surface area (Å²) in [7, 11) is 1.95. The van der Waals surface area contributed by atoms with Crippen LogP contribution in [0, 0.1) is 0 Å². The molecule has 0 amide bonds. The molecule has 0 unspecified atom stereocenters. The molecular weight excluding hydrogens is 234 g/mol. The Morgan fingerprint density at radius 1 is 0.947 bits per heavy atom. The van der Waals surface area contributed by atoms with Gasteiger partial charge in [-0.1, -0.05) is 48.5 Å². The van der Waals surface area contributed by atoms with Gasteiger partial charge in [-0.05, 0) is 31.5 Å². The van der Waals surface area contributed by atoms with Gasteiger partial charge in [0.15, 0.2) is 0 Å². The van der Waals surface area contributed by atoms with E-state index in [1.807, 2.05) is 31.3 Å². The summed E-state index contributed by atoms with van der Waals surface area (Å²) in [6, 6.07) is 18.7. The van der Waals surface area contributed by atoms with Crippen molar-refractivity contribution in [3.63, 3.8) is 0 Å². The number of aryl methyl sites for hydroxylation is 1. The lowest BCUT2D eigenvalue weighted by molar-refractivity contribution is 0.307. The molecule has 0 aromatic heterocycles. The Morgan fingerprint density at radius 3 is 2.47 bits per heavy atom. The Morgan fingerprint density at radius 2 is 1.68 bits per heavy atom. The Hall–Kier alpha value is -1.80. The van der Waals surface area contributed by atoms with E-state index in [-0.39, 0.29) is 0 Å². The van der Waals surface area contributed by atoms with E-state index in [1.54, 1.807) is 0 Å². The number of ether oxygens (including phenoxy) is 1. The van der Waals surface area contributed by atoms with Crippen LogP contribution in [0.2, 0.25) is 0 Å². The minimum absolute atomic E-state index is 0.760. The first-order valence-electron chi connectivity index (χ1n) is 6.79. The van der Waals surface area contributed by atoms with Gasteiger partial charge in [0.25, 0.3) is 0 Å². The van der Waals surface area contributed by atoms with Crippen LogP contribution in [0.5, 0.6) is 5.75 Å². The largest absolute Gasteiger partial charge is 0.493 e. The van der Waals surface area contributed by atoms with Gasteiger partial charge in [-0.3, -0.25) is 0 Å². The molecule has 2 nitrogen and oxygen atoms in total. The number of benzene rings is 2. The molecule has 0 bridgehead atoms. The average molecular weight is 255 g/mol. The van der Waals surface area contributed by atoms with Crippen molar-refractivity contribution < 1.29 is 4.74 Å². The first-order valence-corrected chi connectivity index (χ1v) is 6.79. The van der Waals surface area contributed by atoms with Crippen molar-refractivity contribution in [3.05, 3.63) is 65.7 Å². The fourth-order valence-electron chi connectivity index (χ4n) is 2.08. The number of nitrogens with one attached hydrogen (secondary N) is 1. The fourth-order valence-corrected chi connectivity index (χ4v) is 2.08. The minimum atomic E-state index is 0.760. The Kier molecular flexibility index (Phi) is 5.45. The van der Waals surface area contributed by atoms with Gasteiger partial charge in [0, 0.05) is 12.1 Å². The van der Waals surface area contributed by atoms with Crippen LogP contribution in [0.4, 0.5) is 0 Å². The number of para-hydroxylation sites is 1. The van der Waals surface area contributed by atoms with Gasteiger partial charge in [0.1, 0.15) is 5.75 Å². The van der Waals surface area contributed by atoms with Crippen molar-refractivity contribution in [2.75, 3.05) is 13.7 Å². The van der Waals surface area contributed by atoms with E-state index in [1.165, 1.54) is 11.1 Å². The monoisotopic (exact) mass is 255 g/mol. The van der Waals surface area contributed by atoms with Gasteiger partial charge < -0.3 is 10.1 Å². The molecule has 2 heteroatoms. The first kappa shape index (κ1) is 13.6. The van der Waals surface area contributed by atoms with E-state index in [0.29, 0.717) is 0 Å². The standard InChI is InChI=1S/C17H21NO/c1-18-14-16-11-5-6-12-17(16)19-13-7-10-15-8-3-2-4-9-15/h2-6,8-9,11-12,18H,7,10,13-14H2,1H3. The summed E-state index contributed by atoms with van der Waals surface area (Å²) in [6.07, 6.45) is 2.10. The van der Waals surface area contributed by atoms with Crippen LogP contribution in [-0.2, 0) is 13.0 Å². The molecule has 1 N–H and O–H groups in total. The number of hydrogen-bond acceptors (Lipinski definition) is 2. The van der Waals surface area contributed by atoms with Crippen molar-refractivity contribution in [1.82, 2.24) is 5.32 Å². The maximum atomic E-state index is 5.87. The fraction of sp³-hybridized carbons (Fsp3) is 0.294. The lowest BCUT2D eigenvalue weighted by atomic mass is 10.1. The zero-order chi connectivity index (χ0) is 13.3. The van der Waals surface area contributed by atoms with E-state index < -0.39 is 0 Å². The highest BCUT2D eigenvalue weighted by molar-refractivity contribution is 5.33. The van der Waals surface area contributed by atoms with Crippen LogP contribution >= 0.6 is 0 Å². The third kappa shape index (κ3) is 4.42. The molecule has 0 aliphatic rings. The van der Waals surface area contributed by atoms with Crippen LogP contribution in [-0.4, -0.2) is 13.7 Å². The molecule has 0 aliphatic carbocycles. The van der Waals surface area contributed by atoms with Crippen molar-refractivity contribution in [3.8, 4) is 5.75 Å². The van der Waals surface area contributed by atoms with E-state index in [0.717, 1.165) is 31.7 Å². The summed E-state index contributed by atoms with van der Waals surface area (Å²) in [4.78, 5) is 0. The quantitative estimate of drug-likeness (QED) is 0.765. The zero-order valence-corrected chi connectivity index (χ0v) is 11.4. The highest BCUT2D eigenvalue weighted by Crippen LogP contribution is 2.18. The lowest BCUT2D eigenvalue weighted by Gasteiger charge is -2.11. The summed E-state index contributed by atoms with van der Waals surface area (Å²) >= 11 is 0. The molecule has 0 atom stereocenters. The maximum Gasteiger partial charge on any atom is 0.123 e. The number of hydrogen-bond donors (Lipinski definition) is 1. The molecule has 19 heavy (non-hydrogen) atoms. The van der Waals surface area contributed by atoms with Crippen LogP contribution < -0.4 is 10.1 Å². The van der Waals surface area contributed by atoms with Crippen molar-refractivity contribution in [1.29, 1.82) is 0 Å². The topological polar surface area (TPSA) is 21.3 Å². The molecule has 0 aliphatic heterocycles. The van der Waals surface area contributed by atoms with Crippen LogP contribution in [0.3, 0.4) is 0 Å². The van der Waals surface area contributed by atoms with Crippen molar-refractivity contribution in [2.24, 2.45) is 0 Å². The summed E-state index contributed by atoms with van der Waals surface area (Å²) in [5.41, 5.74) is 2.58. The van der Waals surface area contributed by atoms with E-state index in [2.05, 4.69) is 35.6 Å². The second kappa shape index (κ2) is 7.59. The maximum absolute atomic E-state index is 5.87. The molecule has 0 spiro atoms. The molecule has 2 rings (SSSR count). The van der Waals surface area contributed by atoms with Gasteiger partial charge in [-0.15, -0.1) is 0 Å². The van der Waals surface area contributed by atoms with E-state index >= 15 is 0 Å². The summed E-state index contributed by atoms with van der Waals surface area (Å²) in [6.45, 7) is 1.60. The van der Waals surface area contributed by atoms with Gasteiger partial charge in [-0.2, -0.15) is 0 Å². The lowest BCUT2D eigenvalue weighted by Crippen LogP contribution is -2.08. The highest BCUT2D eigenvalue weighted by atomic mass is 16.5. The predicted octanol–water partition coefficient (Wildman–Crippen LogP) is 3.42. The smallest absolute Gasteiger partial charge is 0.123 e. The summed E-state index contributed by atoms with van der Waals surface area (Å²) in [5, 5.41) is 3.16. The molecule has 2 aromatic carbocycles. The van der Waals surface area contributed by atoms with Gasteiger partial charge in [0.05, 0.1) is 6.61 Å². The van der Waals surface area contributed by atoms with Crippen LogP contribution in [0.15, 0.2) is 54.6 Å². The zero-order valence-electron chi connectivity index (χ0n) is 11.4. The molecule has 2 aromatic rings. The second-order valence-electron chi connectivity index (χ2n) is 4.58. The van der Waals surface area contributed by atoms with E-state index in [4.69, 9.17) is 4.74 Å². The molecule has 100 valence electrons. The average Bonchev–Trinajstić information content (AvgIpc) is 2.47. The van der Waals surface area contributed by atoms with Crippen molar-refractivity contribution in [2.45, 2.75) is 19.4 Å². The van der Waals surface area contributed by atoms with Crippen LogP contribution in [0.25, 0.3) is 0 Å². The van der Waals surface area contributed by atoms with Gasteiger partial charge in [-0.25, -0.2) is 0 Å². The second-order valence-corrected chi connectivity index (χ2v) is 4.58. The first-order chi connectivity index (χ1) is 9.40. The predicted molar refractivity (Wildman–Crippen MR) is 79.5 cm³/mol. The molecule has 0 saturated heterocycles. The Bertz CT molecular complexity index is 482. The van der Waals surface area contributed by atoms with Gasteiger partial charge in [0.2, 0.25) is 0 Å². The third-order valence-electron chi connectivity index (χ3n) is 3.05. The van der Waals surface area contributed by atoms with Crippen molar-refractivity contribution >= 4 is 0 Å². The van der Waals surface area contributed by atoms with Gasteiger partial charge >= 0.3 is 0 Å². The highest BCUT2D eigenvalue weighted by Gasteiger charge is 2.01. The summed E-state index contributed by atoms with van der Waals surface area (Å²) < 4.78 is 5.87. The summed E-state index contributed by atoms with van der Waals surface area (Å²) in [5.74, 6) is 0.991. The normalized spacial score (nSPS) is 10.4. The van der Waals surface area contributed by atoms with Crippen LogP contribution in [0.1, 0.15) is 17.5 Å². The Labute approximate surface area is 115 Å². The minimum Gasteiger partial charge on any atom is -0.493 e. The number of rotatable bonds is 7. The molecule has 0 fully saturated rings. The molecule has 0 radical (unpaired) electrons. The SMILES string of the molecule is CNCc1ccccc1OCCCc1ccccc1. The molecule has 0 heterocycles. The Balaban J connectivity index is 1.79.